The van der Waals surface area contributed by atoms with E-state index < -0.39 is 0 Å². The fourth-order valence-electron chi connectivity index (χ4n) is 2.25. The molecule has 4 heteroatoms. The zero-order chi connectivity index (χ0) is 13.8. The fourth-order valence-corrected chi connectivity index (χ4v) is 3.29. The van der Waals surface area contributed by atoms with E-state index in [-0.39, 0.29) is 5.38 Å². The van der Waals surface area contributed by atoms with Crippen LogP contribution in [0.25, 0.3) is 11.1 Å². The summed E-state index contributed by atoms with van der Waals surface area (Å²) in [7, 11) is 0. The number of oxazole rings is 1. The monoisotopic (exact) mass is 305 g/mol. The number of rotatable bonds is 6. The van der Waals surface area contributed by atoms with Crippen LogP contribution in [0.3, 0.4) is 0 Å². The summed E-state index contributed by atoms with van der Waals surface area (Å²) in [5.41, 5.74) is 1.75. The second-order valence-electron chi connectivity index (χ2n) is 4.85. The van der Waals surface area contributed by atoms with Gasteiger partial charge in [-0.3, -0.25) is 0 Å². The standard InChI is InChI=1S/C16H16ClNOS/c17-12(5-3-6-13-7-4-10-20-13)11-16-18-14-8-1-2-9-15(14)19-16/h1-2,4,7-10,12H,3,5-6,11H2. The van der Waals surface area contributed by atoms with Crippen molar-refractivity contribution in [3.63, 3.8) is 0 Å². The van der Waals surface area contributed by atoms with Crippen LogP contribution >= 0.6 is 22.9 Å². The van der Waals surface area contributed by atoms with Gasteiger partial charge in [-0.05, 0) is 42.8 Å². The first-order valence-electron chi connectivity index (χ1n) is 6.82. The zero-order valence-electron chi connectivity index (χ0n) is 11.1. The second-order valence-corrected chi connectivity index (χ2v) is 6.50. The number of benzene rings is 1. The van der Waals surface area contributed by atoms with Gasteiger partial charge >= 0.3 is 0 Å². The smallest absolute Gasteiger partial charge is 0.196 e. The van der Waals surface area contributed by atoms with Crippen molar-refractivity contribution in [1.82, 2.24) is 4.98 Å². The maximum Gasteiger partial charge on any atom is 0.196 e. The number of alkyl halides is 1. The summed E-state index contributed by atoms with van der Waals surface area (Å²) in [6.07, 6.45) is 3.89. The van der Waals surface area contributed by atoms with E-state index in [1.807, 2.05) is 35.6 Å². The molecule has 0 radical (unpaired) electrons. The van der Waals surface area contributed by atoms with E-state index in [4.69, 9.17) is 16.0 Å². The molecule has 0 aliphatic heterocycles. The number of hydrogen-bond acceptors (Lipinski definition) is 3. The van der Waals surface area contributed by atoms with Gasteiger partial charge in [0.1, 0.15) is 5.52 Å². The third-order valence-electron chi connectivity index (χ3n) is 3.25. The lowest BCUT2D eigenvalue weighted by atomic mass is 10.1. The molecule has 0 saturated carbocycles. The highest BCUT2D eigenvalue weighted by atomic mass is 35.5. The molecular formula is C16H16ClNOS. The van der Waals surface area contributed by atoms with Gasteiger partial charge in [0.15, 0.2) is 11.5 Å². The molecule has 20 heavy (non-hydrogen) atoms. The first-order valence-corrected chi connectivity index (χ1v) is 8.14. The van der Waals surface area contributed by atoms with E-state index in [1.165, 1.54) is 4.88 Å². The molecule has 2 heterocycles. The van der Waals surface area contributed by atoms with Crippen molar-refractivity contribution >= 4 is 34.0 Å². The van der Waals surface area contributed by atoms with Crippen LogP contribution in [0.4, 0.5) is 0 Å². The third-order valence-corrected chi connectivity index (χ3v) is 4.56. The highest BCUT2D eigenvalue weighted by Gasteiger charge is 2.11. The van der Waals surface area contributed by atoms with Gasteiger partial charge in [-0.15, -0.1) is 22.9 Å². The molecule has 0 spiro atoms. The lowest BCUT2D eigenvalue weighted by molar-refractivity contribution is 0.513. The quantitative estimate of drug-likeness (QED) is 0.595. The first kappa shape index (κ1) is 13.7. The molecule has 0 saturated heterocycles. The summed E-state index contributed by atoms with van der Waals surface area (Å²) in [4.78, 5) is 5.89. The highest BCUT2D eigenvalue weighted by molar-refractivity contribution is 7.09. The summed E-state index contributed by atoms with van der Waals surface area (Å²) in [5.74, 6) is 0.738. The van der Waals surface area contributed by atoms with Crippen molar-refractivity contribution in [1.29, 1.82) is 0 Å². The van der Waals surface area contributed by atoms with Crippen LogP contribution < -0.4 is 0 Å². The maximum atomic E-state index is 6.39. The molecule has 104 valence electrons. The Balaban J connectivity index is 1.51. The van der Waals surface area contributed by atoms with Crippen molar-refractivity contribution in [2.75, 3.05) is 0 Å². The van der Waals surface area contributed by atoms with Crippen molar-refractivity contribution in [2.24, 2.45) is 0 Å². The minimum atomic E-state index is 0.0861. The summed E-state index contributed by atoms with van der Waals surface area (Å²) in [6.45, 7) is 0. The SMILES string of the molecule is ClC(CCCc1cccs1)Cc1nc2ccccc2o1. The molecular weight excluding hydrogens is 290 g/mol. The second kappa shape index (κ2) is 6.42. The van der Waals surface area contributed by atoms with Gasteiger partial charge in [-0.2, -0.15) is 0 Å². The molecule has 3 rings (SSSR count). The molecule has 0 N–H and O–H groups in total. The number of hydrogen-bond donors (Lipinski definition) is 0. The van der Waals surface area contributed by atoms with Crippen molar-refractivity contribution in [2.45, 2.75) is 31.1 Å². The van der Waals surface area contributed by atoms with Gasteiger partial charge in [0.05, 0.1) is 0 Å². The van der Waals surface area contributed by atoms with Gasteiger partial charge in [0.25, 0.3) is 0 Å². The van der Waals surface area contributed by atoms with Gasteiger partial charge in [-0.1, -0.05) is 18.2 Å². The Morgan fingerprint density at radius 2 is 2.10 bits per heavy atom. The number of para-hydroxylation sites is 2. The zero-order valence-corrected chi connectivity index (χ0v) is 12.7. The number of aromatic nitrogens is 1. The number of fused-ring (bicyclic) bond motifs is 1. The van der Waals surface area contributed by atoms with Crippen molar-refractivity contribution < 1.29 is 4.42 Å². The van der Waals surface area contributed by atoms with Gasteiger partial charge in [-0.25, -0.2) is 4.98 Å². The molecule has 0 bridgehead atoms. The molecule has 0 aliphatic rings. The Labute approximate surface area is 127 Å². The largest absolute Gasteiger partial charge is 0.441 e. The summed E-state index contributed by atoms with van der Waals surface area (Å²) in [6, 6.07) is 12.1. The third kappa shape index (κ3) is 3.41. The van der Waals surface area contributed by atoms with E-state index in [9.17, 15) is 0 Å². The Morgan fingerprint density at radius 1 is 1.20 bits per heavy atom. The Bertz CT molecular complexity index is 629. The highest BCUT2D eigenvalue weighted by Crippen LogP contribution is 2.20. The van der Waals surface area contributed by atoms with E-state index in [1.54, 1.807) is 0 Å². The topological polar surface area (TPSA) is 26.0 Å². The summed E-state index contributed by atoms with van der Waals surface area (Å²) < 4.78 is 5.70. The van der Waals surface area contributed by atoms with Crippen LogP contribution in [-0.4, -0.2) is 10.4 Å². The molecule has 1 atom stereocenters. The molecule has 3 aromatic rings. The summed E-state index contributed by atoms with van der Waals surface area (Å²) in [5, 5.41) is 2.20. The Kier molecular flexibility index (Phi) is 4.38. The lowest BCUT2D eigenvalue weighted by Gasteiger charge is -2.05. The van der Waals surface area contributed by atoms with Crippen LogP contribution in [0.1, 0.15) is 23.6 Å². The molecule has 2 aromatic heterocycles. The Morgan fingerprint density at radius 3 is 2.90 bits per heavy atom. The normalized spacial score (nSPS) is 12.8. The van der Waals surface area contributed by atoms with Crippen LogP contribution in [0, 0.1) is 0 Å². The van der Waals surface area contributed by atoms with Crippen molar-refractivity contribution in [3.05, 3.63) is 52.5 Å². The van der Waals surface area contributed by atoms with Crippen molar-refractivity contribution in [3.8, 4) is 0 Å². The van der Waals surface area contributed by atoms with E-state index in [0.29, 0.717) is 6.42 Å². The average molecular weight is 306 g/mol. The summed E-state index contributed by atoms with van der Waals surface area (Å²) >= 11 is 8.19. The molecule has 0 fully saturated rings. The number of aryl methyl sites for hydroxylation is 1. The predicted octanol–water partition coefficient (Wildman–Crippen LogP) is 5.06. The van der Waals surface area contributed by atoms with Crippen LogP contribution in [0.5, 0.6) is 0 Å². The van der Waals surface area contributed by atoms with Crippen LogP contribution in [0.2, 0.25) is 0 Å². The van der Waals surface area contributed by atoms with Crippen LogP contribution in [-0.2, 0) is 12.8 Å². The van der Waals surface area contributed by atoms with Gasteiger partial charge in [0, 0.05) is 16.7 Å². The van der Waals surface area contributed by atoms with E-state index in [2.05, 4.69) is 22.5 Å². The lowest BCUT2D eigenvalue weighted by Crippen LogP contribution is -2.04. The van der Waals surface area contributed by atoms with E-state index in [0.717, 1.165) is 36.3 Å². The minimum Gasteiger partial charge on any atom is -0.441 e. The van der Waals surface area contributed by atoms with Gasteiger partial charge < -0.3 is 4.42 Å². The number of nitrogens with zero attached hydrogens (tertiary/aromatic N) is 1. The van der Waals surface area contributed by atoms with Crippen LogP contribution in [0.15, 0.2) is 46.2 Å². The number of halogens is 1. The van der Waals surface area contributed by atoms with E-state index >= 15 is 0 Å². The van der Waals surface area contributed by atoms with Gasteiger partial charge in [0.2, 0.25) is 0 Å². The fraction of sp³-hybridized carbons (Fsp3) is 0.312. The molecule has 1 aromatic carbocycles. The first-order chi connectivity index (χ1) is 9.81. The number of thiophene rings is 1. The predicted molar refractivity (Wildman–Crippen MR) is 84.6 cm³/mol. The Hall–Kier alpha value is -1.32. The molecule has 2 nitrogen and oxygen atoms in total. The average Bonchev–Trinajstić information content (AvgIpc) is 3.06. The maximum absolute atomic E-state index is 6.39. The molecule has 0 amide bonds. The molecule has 1 unspecified atom stereocenters. The molecule has 0 aliphatic carbocycles. The minimum absolute atomic E-state index is 0.0861.